The highest BCUT2D eigenvalue weighted by Crippen LogP contribution is 2.28. The second-order valence-electron chi connectivity index (χ2n) is 9.06. The van der Waals surface area contributed by atoms with E-state index in [1.165, 1.54) is 44.1 Å². The van der Waals surface area contributed by atoms with Crippen LogP contribution in [0.2, 0.25) is 0 Å². The Morgan fingerprint density at radius 3 is 2.58 bits per heavy atom. The van der Waals surface area contributed by atoms with Crippen LogP contribution in [0, 0.1) is 0 Å². The number of hydrogen-bond donors (Lipinski definition) is 1. The third kappa shape index (κ3) is 12.2. The summed E-state index contributed by atoms with van der Waals surface area (Å²) in [5.41, 5.74) is 1.17. The predicted molar refractivity (Wildman–Crippen MR) is 133 cm³/mol. The second-order valence-corrected chi connectivity index (χ2v) is 9.06. The van der Waals surface area contributed by atoms with Gasteiger partial charge in [-0.1, -0.05) is 81.5 Å². The van der Waals surface area contributed by atoms with E-state index in [1.807, 2.05) is 18.2 Å². The molecule has 0 bridgehead atoms. The van der Waals surface area contributed by atoms with E-state index >= 15 is 0 Å². The molecule has 1 aliphatic heterocycles. The topological polar surface area (TPSA) is 57.2 Å². The van der Waals surface area contributed by atoms with Gasteiger partial charge in [0.2, 0.25) is 0 Å². The lowest BCUT2D eigenvalue weighted by Gasteiger charge is -2.23. The van der Waals surface area contributed by atoms with Crippen LogP contribution in [0.3, 0.4) is 0 Å². The number of ether oxygens (including phenoxy) is 4. The molecule has 0 aliphatic carbocycles. The van der Waals surface area contributed by atoms with E-state index in [1.54, 1.807) is 7.11 Å². The SMILES string of the molecule is CCCCCCCC/C=C/[C@@H](OCOC)[C@H]1CC[C@@H]([C@@H](O)CCCOCc2ccccc2)O1. The Morgan fingerprint density at radius 2 is 1.79 bits per heavy atom. The molecule has 1 N–H and O–H groups in total. The first-order valence-electron chi connectivity index (χ1n) is 13.0. The second kappa shape index (κ2) is 18.1. The molecular formula is C28H46O5. The van der Waals surface area contributed by atoms with Gasteiger partial charge in [0.1, 0.15) is 12.9 Å². The quantitative estimate of drug-likeness (QED) is 0.151. The summed E-state index contributed by atoms with van der Waals surface area (Å²) in [6.07, 6.45) is 15.7. The molecule has 2 rings (SSSR count). The van der Waals surface area contributed by atoms with Crippen molar-refractivity contribution in [2.45, 2.75) is 109 Å². The van der Waals surface area contributed by atoms with Crippen LogP contribution in [0.15, 0.2) is 42.5 Å². The summed E-state index contributed by atoms with van der Waals surface area (Å²) in [7, 11) is 1.64. The molecule has 4 atom stereocenters. The number of aliphatic hydroxyl groups excluding tert-OH is 1. The minimum absolute atomic E-state index is 0.0325. The molecule has 1 aromatic carbocycles. The van der Waals surface area contributed by atoms with Gasteiger partial charge in [-0.15, -0.1) is 0 Å². The zero-order chi connectivity index (χ0) is 23.6. The van der Waals surface area contributed by atoms with Crippen molar-refractivity contribution < 1.29 is 24.1 Å². The monoisotopic (exact) mass is 462 g/mol. The maximum Gasteiger partial charge on any atom is 0.147 e. The number of benzene rings is 1. The molecule has 1 fully saturated rings. The Bertz CT molecular complexity index is 606. The predicted octanol–water partition coefficient (Wildman–Crippen LogP) is 6.19. The zero-order valence-electron chi connectivity index (χ0n) is 20.8. The lowest BCUT2D eigenvalue weighted by atomic mass is 10.0. The van der Waals surface area contributed by atoms with Gasteiger partial charge in [0.25, 0.3) is 0 Å². The molecule has 1 saturated heterocycles. The number of allylic oxidation sites excluding steroid dienone is 1. The van der Waals surface area contributed by atoms with Crippen molar-refractivity contribution in [1.82, 2.24) is 0 Å². The molecule has 33 heavy (non-hydrogen) atoms. The summed E-state index contributed by atoms with van der Waals surface area (Å²) in [5.74, 6) is 0. The molecule has 188 valence electrons. The van der Waals surface area contributed by atoms with E-state index in [4.69, 9.17) is 18.9 Å². The molecule has 5 nitrogen and oxygen atoms in total. The molecule has 0 unspecified atom stereocenters. The fourth-order valence-electron chi connectivity index (χ4n) is 4.26. The summed E-state index contributed by atoms with van der Waals surface area (Å²) in [6, 6.07) is 10.2. The lowest BCUT2D eigenvalue weighted by Crippen LogP contribution is -2.32. The van der Waals surface area contributed by atoms with Crippen molar-refractivity contribution in [3.63, 3.8) is 0 Å². The average molecular weight is 463 g/mol. The van der Waals surface area contributed by atoms with Crippen LogP contribution < -0.4 is 0 Å². The van der Waals surface area contributed by atoms with Gasteiger partial charge < -0.3 is 24.1 Å². The minimum atomic E-state index is -0.467. The molecule has 0 radical (unpaired) electrons. The highest BCUT2D eigenvalue weighted by atomic mass is 16.7. The van der Waals surface area contributed by atoms with E-state index in [2.05, 4.69) is 31.2 Å². The zero-order valence-corrected chi connectivity index (χ0v) is 20.8. The Kier molecular flexibility index (Phi) is 15.4. The Morgan fingerprint density at radius 1 is 1.03 bits per heavy atom. The van der Waals surface area contributed by atoms with Crippen molar-refractivity contribution in [2.75, 3.05) is 20.5 Å². The van der Waals surface area contributed by atoms with Crippen LogP contribution in [-0.2, 0) is 25.6 Å². The van der Waals surface area contributed by atoms with Gasteiger partial charge in [0.15, 0.2) is 0 Å². The lowest BCUT2D eigenvalue weighted by molar-refractivity contribution is -0.120. The maximum absolute atomic E-state index is 10.6. The molecule has 1 aromatic rings. The van der Waals surface area contributed by atoms with Crippen molar-refractivity contribution in [1.29, 1.82) is 0 Å². The summed E-state index contributed by atoms with van der Waals surface area (Å²) in [6.45, 7) is 3.75. The molecule has 0 aromatic heterocycles. The van der Waals surface area contributed by atoms with Crippen LogP contribution in [0.4, 0.5) is 0 Å². The van der Waals surface area contributed by atoms with Crippen molar-refractivity contribution in [2.24, 2.45) is 0 Å². The summed E-state index contributed by atoms with van der Waals surface area (Å²) >= 11 is 0. The number of methoxy groups -OCH3 is 1. The van der Waals surface area contributed by atoms with Gasteiger partial charge in [-0.05, 0) is 44.1 Å². The van der Waals surface area contributed by atoms with E-state index < -0.39 is 6.10 Å². The van der Waals surface area contributed by atoms with Gasteiger partial charge in [-0.3, -0.25) is 0 Å². The highest BCUT2D eigenvalue weighted by molar-refractivity contribution is 5.13. The van der Waals surface area contributed by atoms with Gasteiger partial charge >= 0.3 is 0 Å². The van der Waals surface area contributed by atoms with Gasteiger partial charge in [0, 0.05) is 13.7 Å². The van der Waals surface area contributed by atoms with Crippen LogP contribution in [0.1, 0.15) is 83.1 Å². The number of rotatable bonds is 19. The fraction of sp³-hybridized carbons (Fsp3) is 0.714. The Hall–Kier alpha value is -1.24. The van der Waals surface area contributed by atoms with Gasteiger partial charge in [-0.25, -0.2) is 0 Å². The first-order chi connectivity index (χ1) is 16.2. The molecular weight excluding hydrogens is 416 g/mol. The largest absolute Gasteiger partial charge is 0.390 e. The summed E-state index contributed by atoms with van der Waals surface area (Å²) in [4.78, 5) is 0. The highest BCUT2D eigenvalue weighted by Gasteiger charge is 2.34. The van der Waals surface area contributed by atoms with Gasteiger partial charge in [0.05, 0.1) is 24.9 Å². The summed E-state index contributed by atoms with van der Waals surface area (Å²) in [5, 5.41) is 10.6. The van der Waals surface area contributed by atoms with E-state index in [9.17, 15) is 5.11 Å². The first kappa shape index (κ1) is 28.0. The van der Waals surface area contributed by atoms with E-state index in [0.717, 1.165) is 25.7 Å². The van der Waals surface area contributed by atoms with Crippen molar-refractivity contribution in [3.05, 3.63) is 48.0 Å². The first-order valence-corrected chi connectivity index (χ1v) is 13.0. The average Bonchev–Trinajstić information content (AvgIpc) is 3.33. The molecule has 5 heteroatoms. The smallest absolute Gasteiger partial charge is 0.147 e. The number of aliphatic hydroxyl groups is 1. The molecule has 1 heterocycles. The number of unbranched alkanes of at least 4 members (excludes halogenated alkanes) is 6. The van der Waals surface area contributed by atoms with Crippen molar-refractivity contribution in [3.8, 4) is 0 Å². The molecule has 0 saturated carbocycles. The van der Waals surface area contributed by atoms with Crippen LogP contribution in [-0.4, -0.2) is 50.0 Å². The molecule has 0 spiro atoms. The van der Waals surface area contributed by atoms with Crippen LogP contribution >= 0.6 is 0 Å². The van der Waals surface area contributed by atoms with Gasteiger partial charge in [-0.2, -0.15) is 0 Å². The Labute approximate surface area is 201 Å². The minimum Gasteiger partial charge on any atom is -0.390 e. The van der Waals surface area contributed by atoms with E-state index in [-0.39, 0.29) is 25.1 Å². The standard InChI is InChI=1S/C28H46O5/c1-3-4-5-6-7-8-9-13-18-27(32-23-30-2)28-20-19-26(33-28)25(29)17-14-21-31-22-24-15-11-10-12-16-24/h10-13,15-16,18,25-29H,3-9,14,17,19-23H2,1-2H3/b18-13+/t25-,26-,27+,28+/m0/s1. The third-order valence-corrected chi connectivity index (χ3v) is 6.21. The third-order valence-electron chi connectivity index (χ3n) is 6.21. The normalized spacial score (nSPS) is 20.5. The van der Waals surface area contributed by atoms with Crippen molar-refractivity contribution >= 4 is 0 Å². The fourth-order valence-corrected chi connectivity index (χ4v) is 4.26. The van der Waals surface area contributed by atoms with E-state index in [0.29, 0.717) is 19.6 Å². The number of hydrogen-bond acceptors (Lipinski definition) is 5. The summed E-state index contributed by atoms with van der Waals surface area (Å²) < 4.78 is 22.9. The van der Waals surface area contributed by atoms with Crippen LogP contribution in [0.5, 0.6) is 0 Å². The van der Waals surface area contributed by atoms with Crippen LogP contribution in [0.25, 0.3) is 0 Å². The Balaban J connectivity index is 1.64. The molecule has 1 aliphatic rings. The molecule has 0 amide bonds. The maximum atomic E-state index is 10.6.